The van der Waals surface area contributed by atoms with Gasteiger partial charge in [0.25, 0.3) is 0 Å². The maximum atomic E-state index is 11.6. The van der Waals surface area contributed by atoms with Crippen LogP contribution >= 0.6 is 0 Å². The molecule has 122 valence electrons. The van der Waals surface area contributed by atoms with Crippen LogP contribution in [0.25, 0.3) is 0 Å². The Morgan fingerprint density at radius 3 is 2.82 bits per heavy atom. The molecule has 22 heavy (non-hydrogen) atoms. The van der Waals surface area contributed by atoms with Gasteiger partial charge in [0.2, 0.25) is 0 Å². The van der Waals surface area contributed by atoms with Gasteiger partial charge in [-0.3, -0.25) is 0 Å². The Hall–Kier alpha value is -1.70. The van der Waals surface area contributed by atoms with Gasteiger partial charge in [0.05, 0.1) is 6.54 Å². The third kappa shape index (κ3) is 3.21. The number of likely N-dealkylation sites (N-methyl/N-ethyl adjacent to an activating group) is 1. The van der Waals surface area contributed by atoms with E-state index in [1.165, 1.54) is 0 Å². The zero-order chi connectivity index (χ0) is 15.6. The van der Waals surface area contributed by atoms with Gasteiger partial charge in [-0.05, 0) is 49.7 Å². The first-order chi connectivity index (χ1) is 10.6. The van der Waals surface area contributed by atoms with E-state index in [-0.39, 0.29) is 11.7 Å². The molecule has 8 heteroatoms. The lowest BCUT2D eigenvalue weighted by Gasteiger charge is -2.25. The Morgan fingerprint density at radius 1 is 1.27 bits per heavy atom. The predicted octanol–water partition coefficient (Wildman–Crippen LogP) is 0.678. The second kappa shape index (κ2) is 6.20. The maximum Gasteiger partial charge on any atom is 0.410 e. The Bertz CT molecular complexity index is 533. The van der Waals surface area contributed by atoms with E-state index in [4.69, 9.17) is 4.74 Å². The standard InChI is InChI=1S/C14H24N6O2/c1-12-15-16-17-20(12)9-4-8-19-7-3-5-14(6-10-19)11-18(2)13(21)22-14/h3-11H2,1-2H3/t14-/m0/s1. The normalized spacial score (nSPS) is 26.5. The highest BCUT2D eigenvalue weighted by molar-refractivity contribution is 5.70. The van der Waals surface area contributed by atoms with E-state index in [0.717, 1.165) is 64.2 Å². The molecule has 2 fully saturated rings. The van der Waals surface area contributed by atoms with E-state index >= 15 is 0 Å². The molecule has 2 saturated heterocycles. The van der Waals surface area contributed by atoms with Crippen molar-refractivity contribution in [3.63, 3.8) is 0 Å². The van der Waals surface area contributed by atoms with Crippen molar-refractivity contribution in [3.8, 4) is 0 Å². The molecule has 0 aliphatic carbocycles. The Morgan fingerprint density at radius 2 is 2.14 bits per heavy atom. The second-order valence-electron chi connectivity index (χ2n) is 6.41. The monoisotopic (exact) mass is 308 g/mol. The summed E-state index contributed by atoms with van der Waals surface area (Å²) in [4.78, 5) is 15.8. The molecule has 0 aromatic carbocycles. The van der Waals surface area contributed by atoms with Crippen molar-refractivity contribution in [2.24, 2.45) is 0 Å². The number of carbonyl (C=O) groups excluding carboxylic acids is 1. The highest BCUT2D eigenvalue weighted by atomic mass is 16.6. The van der Waals surface area contributed by atoms with Crippen LogP contribution in [0.15, 0.2) is 0 Å². The molecule has 2 aliphatic rings. The van der Waals surface area contributed by atoms with E-state index in [9.17, 15) is 4.79 Å². The molecular formula is C14H24N6O2. The summed E-state index contributed by atoms with van der Waals surface area (Å²) in [5.74, 6) is 0.857. The van der Waals surface area contributed by atoms with Crippen LogP contribution in [-0.2, 0) is 11.3 Å². The molecule has 1 atom stereocenters. The quantitative estimate of drug-likeness (QED) is 0.814. The summed E-state index contributed by atoms with van der Waals surface area (Å²) in [6, 6.07) is 0. The number of rotatable bonds is 4. The summed E-state index contributed by atoms with van der Waals surface area (Å²) >= 11 is 0. The first kappa shape index (κ1) is 15.2. The third-order valence-corrected chi connectivity index (χ3v) is 4.69. The number of aryl methyl sites for hydroxylation is 2. The lowest BCUT2D eigenvalue weighted by molar-refractivity contribution is 0.0444. The number of hydrogen-bond donors (Lipinski definition) is 0. The van der Waals surface area contributed by atoms with Gasteiger partial charge in [0, 0.05) is 26.6 Å². The fourth-order valence-corrected chi connectivity index (χ4v) is 3.40. The summed E-state index contributed by atoms with van der Waals surface area (Å²) in [6.45, 7) is 6.56. The van der Waals surface area contributed by atoms with Crippen molar-refractivity contribution in [2.45, 2.75) is 44.8 Å². The molecule has 0 N–H and O–H groups in total. The first-order valence-electron chi connectivity index (χ1n) is 7.97. The Balaban J connectivity index is 1.47. The lowest BCUT2D eigenvalue weighted by Crippen LogP contribution is -2.35. The lowest BCUT2D eigenvalue weighted by atomic mass is 9.95. The third-order valence-electron chi connectivity index (χ3n) is 4.69. The number of hydrogen-bond acceptors (Lipinski definition) is 6. The smallest absolute Gasteiger partial charge is 0.410 e. The van der Waals surface area contributed by atoms with Crippen LogP contribution in [0.2, 0.25) is 0 Å². The largest absolute Gasteiger partial charge is 0.441 e. The minimum atomic E-state index is -0.257. The molecule has 3 heterocycles. The molecule has 0 saturated carbocycles. The molecule has 2 aliphatic heterocycles. The van der Waals surface area contributed by atoms with Crippen LogP contribution in [-0.4, -0.2) is 74.9 Å². The summed E-state index contributed by atoms with van der Waals surface area (Å²) in [5, 5.41) is 11.5. The van der Waals surface area contributed by atoms with Crippen molar-refractivity contribution in [1.82, 2.24) is 30.0 Å². The van der Waals surface area contributed by atoms with Gasteiger partial charge in [-0.2, -0.15) is 0 Å². The molecule has 0 unspecified atom stereocenters. The van der Waals surface area contributed by atoms with E-state index < -0.39 is 0 Å². The van der Waals surface area contributed by atoms with Gasteiger partial charge in [-0.15, -0.1) is 5.10 Å². The van der Waals surface area contributed by atoms with Gasteiger partial charge in [0.15, 0.2) is 0 Å². The van der Waals surface area contributed by atoms with Crippen LogP contribution in [0.1, 0.15) is 31.5 Å². The van der Waals surface area contributed by atoms with E-state index in [0.29, 0.717) is 0 Å². The molecule has 1 spiro atoms. The van der Waals surface area contributed by atoms with E-state index in [2.05, 4.69) is 20.4 Å². The zero-order valence-corrected chi connectivity index (χ0v) is 13.4. The number of likely N-dealkylation sites (tertiary alicyclic amines) is 1. The van der Waals surface area contributed by atoms with Crippen LogP contribution in [0.3, 0.4) is 0 Å². The van der Waals surface area contributed by atoms with Gasteiger partial charge >= 0.3 is 6.09 Å². The van der Waals surface area contributed by atoms with Crippen LogP contribution in [0.4, 0.5) is 4.79 Å². The van der Waals surface area contributed by atoms with Crippen molar-refractivity contribution >= 4 is 6.09 Å². The molecule has 8 nitrogen and oxygen atoms in total. The average Bonchev–Trinajstić information content (AvgIpc) is 2.93. The van der Waals surface area contributed by atoms with Crippen LogP contribution in [0, 0.1) is 6.92 Å². The van der Waals surface area contributed by atoms with Gasteiger partial charge in [-0.1, -0.05) is 0 Å². The summed E-state index contributed by atoms with van der Waals surface area (Å²) in [7, 11) is 1.81. The number of carbonyl (C=O) groups is 1. The van der Waals surface area contributed by atoms with Crippen molar-refractivity contribution in [3.05, 3.63) is 5.82 Å². The molecule has 0 radical (unpaired) electrons. The Labute approximate surface area is 130 Å². The summed E-state index contributed by atoms with van der Waals surface area (Å²) in [5.41, 5.74) is -0.257. The van der Waals surface area contributed by atoms with Gasteiger partial charge < -0.3 is 14.5 Å². The van der Waals surface area contributed by atoms with Crippen molar-refractivity contribution in [2.75, 3.05) is 33.2 Å². The minimum Gasteiger partial charge on any atom is -0.441 e. The van der Waals surface area contributed by atoms with E-state index in [1.807, 2.05) is 18.7 Å². The van der Waals surface area contributed by atoms with Gasteiger partial charge in [-0.25, -0.2) is 9.48 Å². The maximum absolute atomic E-state index is 11.6. The fraction of sp³-hybridized carbons (Fsp3) is 0.857. The average molecular weight is 308 g/mol. The first-order valence-corrected chi connectivity index (χ1v) is 7.97. The molecule has 1 aromatic rings. The SMILES string of the molecule is Cc1nnnn1CCCN1CCC[C@]2(CC1)CN(C)C(=O)O2. The van der Waals surface area contributed by atoms with Crippen LogP contribution < -0.4 is 0 Å². The van der Waals surface area contributed by atoms with Crippen molar-refractivity contribution < 1.29 is 9.53 Å². The number of aromatic nitrogens is 4. The fourth-order valence-electron chi connectivity index (χ4n) is 3.40. The van der Waals surface area contributed by atoms with Crippen LogP contribution in [0.5, 0.6) is 0 Å². The summed E-state index contributed by atoms with van der Waals surface area (Å²) in [6.07, 6.45) is 3.81. The topological polar surface area (TPSA) is 76.4 Å². The molecule has 3 rings (SSSR count). The zero-order valence-electron chi connectivity index (χ0n) is 13.4. The molecule has 0 bridgehead atoms. The predicted molar refractivity (Wildman–Crippen MR) is 79.3 cm³/mol. The summed E-state index contributed by atoms with van der Waals surface area (Å²) < 4.78 is 7.48. The molecule has 1 amide bonds. The minimum absolute atomic E-state index is 0.178. The van der Waals surface area contributed by atoms with Crippen molar-refractivity contribution in [1.29, 1.82) is 0 Å². The highest BCUT2D eigenvalue weighted by Crippen LogP contribution is 2.32. The van der Waals surface area contributed by atoms with E-state index in [1.54, 1.807) is 4.90 Å². The second-order valence-corrected chi connectivity index (χ2v) is 6.41. The number of nitrogens with zero attached hydrogens (tertiary/aromatic N) is 6. The number of tetrazole rings is 1. The number of ether oxygens (including phenoxy) is 1. The molecular weight excluding hydrogens is 284 g/mol. The molecule has 1 aromatic heterocycles. The highest BCUT2D eigenvalue weighted by Gasteiger charge is 2.44. The van der Waals surface area contributed by atoms with Gasteiger partial charge in [0.1, 0.15) is 11.4 Å². The number of amides is 1. The Kier molecular flexibility index (Phi) is 4.28.